The minimum atomic E-state index is 0.299. The predicted molar refractivity (Wildman–Crippen MR) is 74.1 cm³/mol. The van der Waals surface area contributed by atoms with E-state index in [1.165, 1.54) is 19.3 Å². The van der Waals surface area contributed by atoms with Crippen molar-refractivity contribution in [3.8, 4) is 5.88 Å². The maximum absolute atomic E-state index is 6.10. The van der Waals surface area contributed by atoms with Crippen molar-refractivity contribution in [2.24, 2.45) is 5.73 Å². The number of pyridine rings is 1. The number of ether oxygens (including phenoxy) is 1. The van der Waals surface area contributed by atoms with Crippen LogP contribution in [0.1, 0.15) is 37.8 Å². The van der Waals surface area contributed by atoms with Gasteiger partial charge in [-0.2, -0.15) is 5.10 Å². The van der Waals surface area contributed by atoms with Crippen molar-refractivity contribution in [2.45, 2.75) is 44.6 Å². The lowest BCUT2D eigenvalue weighted by Crippen LogP contribution is -2.20. The Hall–Kier alpha value is -1.62. The highest BCUT2D eigenvalue weighted by Crippen LogP contribution is 2.29. The summed E-state index contributed by atoms with van der Waals surface area (Å²) in [5.41, 5.74) is 7.57. The molecule has 1 fully saturated rings. The number of nitrogens with two attached hydrogens (primary N) is 1. The van der Waals surface area contributed by atoms with Crippen LogP contribution in [0.3, 0.4) is 0 Å². The SMILES string of the molecule is NCCc1[nH]nc2ccnc(OC3CCCCC3)c12. The van der Waals surface area contributed by atoms with Crippen molar-refractivity contribution in [2.75, 3.05) is 6.54 Å². The van der Waals surface area contributed by atoms with E-state index in [1.54, 1.807) is 6.20 Å². The third kappa shape index (κ3) is 2.56. The molecule has 5 nitrogen and oxygen atoms in total. The van der Waals surface area contributed by atoms with Crippen LogP contribution in [0.25, 0.3) is 10.9 Å². The third-order valence-electron chi connectivity index (χ3n) is 3.73. The van der Waals surface area contributed by atoms with Gasteiger partial charge in [0.2, 0.25) is 5.88 Å². The lowest BCUT2D eigenvalue weighted by Gasteiger charge is -2.22. The van der Waals surface area contributed by atoms with Crippen molar-refractivity contribution in [1.82, 2.24) is 15.2 Å². The number of nitrogens with zero attached hydrogens (tertiary/aromatic N) is 2. The molecule has 1 aliphatic carbocycles. The Kier molecular flexibility index (Phi) is 3.64. The highest BCUT2D eigenvalue weighted by atomic mass is 16.5. The van der Waals surface area contributed by atoms with Crippen molar-refractivity contribution in [1.29, 1.82) is 0 Å². The second-order valence-corrected chi connectivity index (χ2v) is 5.13. The molecular formula is C14H20N4O. The molecule has 3 rings (SSSR count). The molecule has 1 saturated carbocycles. The van der Waals surface area contributed by atoms with Crippen LogP contribution in [0.15, 0.2) is 12.3 Å². The molecule has 2 aromatic rings. The van der Waals surface area contributed by atoms with Crippen LogP contribution in [-0.2, 0) is 6.42 Å². The van der Waals surface area contributed by atoms with E-state index in [1.807, 2.05) is 6.07 Å². The van der Waals surface area contributed by atoms with Crippen LogP contribution in [0.5, 0.6) is 5.88 Å². The molecule has 0 spiro atoms. The van der Waals surface area contributed by atoms with E-state index in [2.05, 4.69) is 15.2 Å². The molecule has 0 saturated heterocycles. The van der Waals surface area contributed by atoms with Crippen LogP contribution < -0.4 is 10.5 Å². The third-order valence-corrected chi connectivity index (χ3v) is 3.73. The first-order valence-electron chi connectivity index (χ1n) is 7.07. The largest absolute Gasteiger partial charge is 0.474 e. The standard InChI is InChI=1S/C14H20N4O/c15-8-6-11-13-12(18-17-11)7-9-16-14(13)19-10-4-2-1-3-5-10/h7,9-10H,1-6,8,15H2,(H,17,18). The summed E-state index contributed by atoms with van der Waals surface area (Å²) < 4.78 is 6.10. The lowest BCUT2D eigenvalue weighted by molar-refractivity contribution is 0.151. The molecule has 0 amide bonds. The van der Waals surface area contributed by atoms with E-state index >= 15 is 0 Å². The van der Waals surface area contributed by atoms with Gasteiger partial charge in [0.1, 0.15) is 6.10 Å². The summed E-state index contributed by atoms with van der Waals surface area (Å²) in [5.74, 6) is 0.710. The number of hydrogen-bond acceptors (Lipinski definition) is 4. The number of H-pyrrole nitrogens is 1. The minimum absolute atomic E-state index is 0.299. The van der Waals surface area contributed by atoms with Crippen LogP contribution in [0, 0.1) is 0 Å². The number of rotatable bonds is 4. The molecule has 0 bridgehead atoms. The maximum atomic E-state index is 6.10. The first-order valence-corrected chi connectivity index (χ1v) is 7.07. The molecule has 2 heterocycles. The van der Waals surface area contributed by atoms with Crippen molar-refractivity contribution in [3.05, 3.63) is 18.0 Å². The zero-order valence-corrected chi connectivity index (χ0v) is 11.1. The molecule has 19 heavy (non-hydrogen) atoms. The van der Waals surface area contributed by atoms with Crippen molar-refractivity contribution >= 4 is 10.9 Å². The zero-order chi connectivity index (χ0) is 13.1. The van der Waals surface area contributed by atoms with Gasteiger partial charge in [-0.1, -0.05) is 6.42 Å². The van der Waals surface area contributed by atoms with Gasteiger partial charge in [-0.15, -0.1) is 0 Å². The number of aromatic amines is 1. The van der Waals surface area contributed by atoms with Gasteiger partial charge in [0.15, 0.2) is 0 Å². The monoisotopic (exact) mass is 260 g/mol. The normalized spacial score (nSPS) is 16.9. The van der Waals surface area contributed by atoms with Gasteiger partial charge in [0.25, 0.3) is 0 Å². The fourth-order valence-corrected chi connectivity index (χ4v) is 2.75. The van der Waals surface area contributed by atoms with Crippen LogP contribution in [-0.4, -0.2) is 27.8 Å². The molecule has 1 aliphatic rings. The highest BCUT2D eigenvalue weighted by molar-refractivity contribution is 5.86. The summed E-state index contributed by atoms with van der Waals surface area (Å²) in [5, 5.41) is 8.33. The molecule has 0 aliphatic heterocycles. The molecule has 3 N–H and O–H groups in total. The minimum Gasteiger partial charge on any atom is -0.474 e. The topological polar surface area (TPSA) is 76.8 Å². The van der Waals surface area contributed by atoms with Crippen molar-refractivity contribution in [3.63, 3.8) is 0 Å². The van der Waals surface area contributed by atoms with E-state index in [9.17, 15) is 0 Å². The average molecular weight is 260 g/mol. The Balaban J connectivity index is 1.90. The molecule has 2 aromatic heterocycles. The fraction of sp³-hybridized carbons (Fsp3) is 0.571. The van der Waals surface area contributed by atoms with Crippen molar-refractivity contribution < 1.29 is 4.74 Å². The number of aromatic nitrogens is 3. The summed E-state index contributed by atoms with van der Waals surface area (Å²) in [6.07, 6.45) is 8.90. The summed E-state index contributed by atoms with van der Waals surface area (Å²) in [7, 11) is 0. The van der Waals surface area contributed by atoms with Gasteiger partial charge >= 0.3 is 0 Å². The molecule has 0 unspecified atom stereocenters. The fourth-order valence-electron chi connectivity index (χ4n) is 2.75. The smallest absolute Gasteiger partial charge is 0.225 e. The molecule has 102 valence electrons. The average Bonchev–Trinajstić information content (AvgIpc) is 2.85. The second-order valence-electron chi connectivity index (χ2n) is 5.13. The Morgan fingerprint density at radius 3 is 2.95 bits per heavy atom. The Morgan fingerprint density at radius 1 is 1.32 bits per heavy atom. The summed E-state index contributed by atoms with van der Waals surface area (Å²) in [6, 6.07) is 1.90. The van der Waals surface area contributed by atoms with Gasteiger partial charge in [-0.3, -0.25) is 5.10 Å². The van der Waals surface area contributed by atoms with E-state index in [4.69, 9.17) is 10.5 Å². The summed E-state index contributed by atoms with van der Waals surface area (Å²) >= 11 is 0. The summed E-state index contributed by atoms with van der Waals surface area (Å²) in [6.45, 7) is 0.592. The van der Waals surface area contributed by atoms with E-state index in [-0.39, 0.29) is 0 Å². The van der Waals surface area contributed by atoms with Gasteiger partial charge < -0.3 is 10.5 Å². The Labute approximate surface area is 112 Å². The molecule has 0 atom stereocenters. The highest BCUT2D eigenvalue weighted by Gasteiger charge is 2.18. The van der Waals surface area contributed by atoms with E-state index < -0.39 is 0 Å². The quantitative estimate of drug-likeness (QED) is 0.883. The van der Waals surface area contributed by atoms with Crippen LogP contribution in [0.4, 0.5) is 0 Å². The van der Waals surface area contributed by atoms with Gasteiger partial charge in [0.05, 0.1) is 10.9 Å². The van der Waals surface area contributed by atoms with Crippen LogP contribution >= 0.6 is 0 Å². The number of nitrogens with one attached hydrogen (secondary N) is 1. The second kappa shape index (κ2) is 5.57. The molecule has 5 heteroatoms. The predicted octanol–water partition coefficient (Wildman–Crippen LogP) is 2.17. The molecule has 0 radical (unpaired) electrons. The summed E-state index contributed by atoms with van der Waals surface area (Å²) in [4.78, 5) is 4.39. The first kappa shape index (κ1) is 12.4. The molecular weight excluding hydrogens is 240 g/mol. The van der Waals surface area contributed by atoms with Gasteiger partial charge in [-0.05, 0) is 38.3 Å². The van der Waals surface area contributed by atoms with Gasteiger partial charge in [0, 0.05) is 18.3 Å². The zero-order valence-electron chi connectivity index (χ0n) is 11.1. The Bertz CT molecular complexity index is 545. The lowest BCUT2D eigenvalue weighted by atomic mass is 9.98. The maximum Gasteiger partial charge on any atom is 0.225 e. The van der Waals surface area contributed by atoms with E-state index in [0.29, 0.717) is 18.5 Å². The number of fused-ring (bicyclic) bond motifs is 1. The number of hydrogen-bond donors (Lipinski definition) is 2. The molecule has 0 aromatic carbocycles. The van der Waals surface area contributed by atoms with E-state index in [0.717, 1.165) is 35.9 Å². The van der Waals surface area contributed by atoms with Crippen LogP contribution in [0.2, 0.25) is 0 Å². The van der Waals surface area contributed by atoms with Gasteiger partial charge in [-0.25, -0.2) is 4.98 Å². The first-order chi connectivity index (χ1) is 9.38. The Morgan fingerprint density at radius 2 is 2.16 bits per heavy atom.